The van der Waals surface area contributed by atoms with Crippen LogP contribution in [0.4, 0.5) is 17.1 Å². The second-order valence-corrected chi connectivity index (χ2v) is 17.7. The number of ether oxygens (including phenoxy) is 1. The number of rotatable bonds is 4. The maximum absolute atomic E-state index is 7.05. The molecule has 2 nitrogen and oxygen atoms in total. The molecular formula is C48H49NO. The van der Waals surface area contributed by atoms with E-state index < -0.39 is 0 Å². The highest BCUT2D eigenvalue weighted by molar-refractivity contribution is 5.82. The Morgan fingerprint density at radius 1 is 0.520 bits per heavy atom. The molecular weight excluding hydrogens is 607 g/mol. The lowest BCUT2D eigenvalue weighted by Crippen LogP contribution is -2.57. The van der Waals surface area contributed by atoms with E-state index in [-0.39, 0.29) is 16.2 Å². The van der Waals surface area contributed by atoms with Gasteiger partial charge in [0, 0.05) is 27.9 Å². The van der Waals surface area contributed by atoms with E-state index in [9.17, 15) is 0 Å². The van der Waals surface area contributed by atoms with Crippen LogP contribution in [0.3, 0.4) is 0 Å². The molecule has 0 aromatic heterocycles. The van der Waals surface area contributed by atoms with Gasteiger partial charge in [0.2, 0.25) is 0 Å². The molecule has 2 heteroatoms. The lowest BCUT2D eigenvalue weighted by molar-refractivity contribution is -0.0452. The van der Waals surface area contributed by atoms with Crippen molar-refractivity contribution in [2.45, 2.75) is 88.9 Å². The maximum Gasteiger partial charge on any atom is 0.132 e. The van der Waals surface area contributed by atoms with Crippen LogP contribution < -0.4 is 9.64 Å². The summed E-state index contributed by atoms with van der Waals surface area (Å²) in [5.41, 5.74) is 12.3. The van der Waals surface area contributed by atoms with Crippen molar-refractivity contribution in [2.75, 3.05) is 4.90 Å². The Balaban J connectivity index is 1.19. The molecule has 0 radical (unpaired) electrons. The summed E-state index contributed by atoms with van der Waals surface area (Å²) in [6.45, 7) is 9.78. The Morgan fingerprint density at radius 3 is 1.92 bits per heavy atom. The number of anilines is 3. The normalized spacial score (nSPS) is 27.6. The molecule has 11 rings (SSSR count). The number of hydrogen-bond acceptors (Lipinski definition) is 2. The summed E-state index contributed by atoms with van der Waals surface area (Å²) in [6.07, 6.45) is 9.20. The fourth-order valence-corrected chi connectivity index (χ4v) is 11.8. The van der Waals surface area contributed by atoms with E-state index in [0.717, 1.165) is 23.3 Å². The highest BCUT2D eigenvalue weighted by Gasteiger charge is 2.61. The predicted molar refractivity (Wildman–Crippen MR) is 206 cm³/mol. The first-order chi connectivity index (χ1) is 24.2. The molecule has 1 aliphatic heterocycles. The van der Waals surface area contributed by atoms with Gasteiger partial charge in [0.1, 0.15) is 11.5 Å². The van der Waals surface area contributed by atoms with Crippen molar-refractivity contribution < 1.29 is 4.74 Å². The fraction of sp³-hybridized carbons (Fsp3) is 0.375. The molecule has 0 atom stereocenters. The first-order valence-corrected chi connectivity index (χ1v) is 19.2. The first-order valence-electron chi connectivity index (χ1n) is 19.2. The molecule has 4 fully saturated rings. The molecule has 4 saturated carbocycles. The Labute approximate surface area is 298 Å². The minimum absolute atomic E-state index is 0.0265. The minimum atomic E-state index is -0.0265. The maximum atomic E-state index is 7.05. The molecule has 50 heavy (non-hydrogen) atoms. The summed E-state index contributed by atoms with van der Waals surface area (Å²) in [6, 6.07) is 43.4. The van der Waals surface area contributed by atoms with Gasteiger partial charge in [0.15, 0.2) is 0 Å². The van der Waals surface area contributed by atoms with E-state index in [1.165, 1.54) is 95.4 Å². The Morgan fingerprint density at radius 2 is 1.20 bits per heavy atom. The summed E-state index contributed by atoms with van der Waals surface area (Å²) < 4.78 is 7.05. The van der Waals surface area contributed by atoms with Crippen LogP contribution in [-0.2, 0) is 16.2 Å². The third-order valence-corrected chi connectivity index (χ3v) is 13.9. The Bertz CT molecular complexity index is 2080. The SMILES string of the molecule is CC1(C)CCC(C)(C)c2c(N(c3ccccc3)c3ccc4c(c3)C3(c5ccc(-c6ccccc6)cc5O4)C4CC5CC(C4)CC3C5)cccc21. The van der Waals surface area contributed by atoms with E-state index in [0.29, 0.717) is 11.8 Å². The molecule has 5 aliphatic carbocycles. The zero-order valence-electron chi connectivity index (χ0n) is 30.1. The van der Waals surface area contributed by atoms with Gasteiger partial charge < -0.3 is 9.64 Å². The molecule has 0 saturated heterocycles. The van der Waals surface area contributed by atoms with Crippen molar-refractivity contribution in [2.24, 2.45) is 23.7 Å². The monoisotopic (exact) mass is 655 g/mol. The quantitative estimate of drug-likeness (QED) is 0.191. The zero-order valence-corrected chi connectivity index (χ0v) is 30.1. The van der Waals surface area contributed by atoms with E-state index in [1.807, 2.05) is 0 Å². The standard InChI is InChI=1S/C48H49NO/c1-46(2)22-23-47(3,4)45-40(46)16-11-17-42(45)49(37-14-9-6-10-15-37)38-19-21-43-41(30-38)48(35-25-31-24-32(27-35)28-36(48)26-31)39-20-18-34(29-44(39)50-43)33-12-7-5-8-13-33/h5-21,29-32,35-36H,22-28H2,1-4H3. The van der Waals surface area contributed by atoms with Gasteiger partial charge in [-0.05, 0) is 144 Å². The summed E-state index contributed by atoms with van der Waals surface area (Å²) in [5, 5.41) is 0. The summed E-state index contributed by atoms with van der Waals surface area (Å²) in [7, 11) is 0. The van der Waals surface area contributed by atoms with Gasteiger partial charge in [-0.2, -0.15) is 0 Å². The number of hydrogen-bond donors (Lipinski definition) is 0. The van der Waals surface area contributed by atoms with Crippen LogP contribution in [0.5, 0.6) is 11.5 Å². The van der Waals surface area contributed by atoms with Crippen LogP contribution in [0.15, 0.2) is 115 Å². The number of nitrogens with zero attached hydrogens (tertiary/aromatic N) is 1. The molecule has 0 N–H and O–H groups in total. The Kier molecular flexibility index (Phi) is 6.62. The van der Waals surface area contributed by atoms with Crippen LogP contribution in [0.25, 0.3) is 11.1 Å². The van der Waals surface area contributed by atoms with Crippen LogP contribution in [0.1, 0.15) is 94.9 Å². The third-order valence-electron chi connectivity index (χ3n) is 13.9. The molecule has 6 aliphatic rings. The van der Waals surface area contributed by atoms with Crippen molar-refractivity contribution in [3.05, 3.63) is 138 Å². The van der Waals surface area contributed by atoms with E-state index in [4.69, 9.17) is 4.74 Å². The lowest BCUT2D eigenvalue weighted by atomic mass is 9.41. The van der Waals surface area contributed by atoms with Crippen molar-refractivity contribution in [3.8, 4) is 22.6 Å². The molecule has 252 valence electrons. The molecule has 1 heterocycles. The molecule has 5 aromatic carbocycles. The third kappa shape index (κ3) is 4.39. The van der Waals surface area contributed by atoms with Gasteiger partial charge in [-0.25, -0.2) is 0 Å². The first kappa shape index (κ1) is 30.5. The van der Waals surface area contributed by atoms with Gasteiger partial charge in [-0.3, -0.25) is 0 Å². The van der Waals surface area contributed by atoms with E-state index in [1.54, 1.807) is 0 Å². The highest BCUT2D eigenvalue weighted by Crippen LogP contribution is 2.69. The van der Waals surface area contributed by atoms with Gasteiger partial charge in [0.05, 0.1) is 5.69 Å². The molecule has 5 aromatic rings. The summed E-state index contributed by atoms with van der Waals surface area (Å²) >= 11 is 0. The van der Waals surface area contributed by atoms with Crippen LogP contribution in [0.2, 0.25) is 0 Å². The van der Waals surface area contributed by atoms with Gasteiger partial charge >= 0.3 is 0 Å². The average Bonchev–Trinajstić information content (AvgIpc) is 3.12. The second kappa shape index (κ2) is 10.8. The van der Waals surface area contributed by atoms with E-state index in [2.05, 4.69) is 148 Å². The van der Waals surface area contributed by atoms with Gasteiger partial charge in [-0.1, -0.05) is 100 Å². The number of para-hydroxylation sites is 1. The van der Waals surface area contributed by atoms with Crippen LogP contribution >= 0.6 is 0 Å². The van der Waals surface area contributed by atoms with Crippen molar-refractivity contribution in [1.29, 1.82) is 0 Å². The average molecular weight is 656 g/mol. The van der Waals surface area contributed by atoms with E-state index >= 15 is 0 Å². The summed E-state index contributed by atoms with van der Waals surface area (Å²) in [4.78, 5) is 2.57. The fourth-order valence-electron chi connectivity index (χ4n) is 11.8. The highest BCUT2D eigenvalue weighted by atomic mass is 16.5. The van der Waals surface area contributed by atoms with Gasteiger partial charge in [-0.15, -0.1) is 0 Å². The lowest BCUT2D eigenvalue weighted by Gasteiger charge is -2.63. The molecule has 0 unspecified atom stereocenters. The minimum Gasteiger partial charge on any atom is -0.457 e. The Hall–Kier alpha value is -4.30. The van der Waals surface area contributed by atoms with Crippen LogP contribution in [0, 0.1) is 23.7 Å². The molecule has 1 spiro atoms. The smallest absolute Gasteiger partial charge is 0.132 e. The van der Waals surface area contributed by atoms with Crippen molar-refractivity contribution in [3.63, 3.8) is 0 Å². The molecule has 4 bridgehead atoms. The summed E-state index contributed by atoms with van der Waals surface area (Å²) in [5.74, 6) is 5.18. The van der Waals surface area contributed by atoms with Crippen molar-refractivity contribution >= 4 is 17.1 Å². The topological polar surface area (TPSA) is 12.5 Å². The van der Waals surface area contributed by atoms with Crippen LogP contribution in [-0.4, -0.2) is 0 Å². The molecule has 0 amide bonds. The van der Waals surface area contributed by atoms with Crippen molar-refractivity contribution in [1.82, 2.24) is 0 Å². The second-order valence-electron chi connectivity index (χ2n) is 17.7. The zero-order chi connectivity index (χ0) is 33.8. The predicted octanol–water partition coefficient (Wildman–Crippen LogP) is 13.0. The largest absolute Gasteiger partial charge is 0.457 e. The number of benzene rings is 5. The van der Waals surface area contributed by atoms with Gasteiger partial charge in [0.25, 0.3) is 0 Å². The number of fused-ring (bicyclic) bond motifs is 3.